The Kier molecular flexibility index (Phi) is 7.60. The molecule has 0 atom stereocenters. The third-order valence-electron chi connectivity index (χ3n) is 4.56. The molecule has 1 aromatic heterocycles. The monoisotopic (exact) mass is 493 g/mol. The fraction of sp³-hybridized carbons (Fsp3) is 0.182. The number of amides is 1. The van der Waals surface area contributed by atoms with Gasteiger partial charge in [0.25, 0.3) is 10.0 Å². The van der Waals surface area contributed by atoms with Crippen molar-refractivity contribution in [2.75, 3.05) is 18.0 Å². The first-order valence-corrected chi connectivity index (χ1v) is 11.7. The minimum atomic E-state index is -4.20. The summed E-state index contributed by atoms with van der Waals surface area (Å²) in [6.45, 7) is 1.44. The lowest BCUT2D eigenvalue weighted by Crippen LogP contribution is -2.41. The van der Waals surface area contributed by atoms with Crippen LogP contribution in [0.2, 0.25) is 10.0 Å². The summed E-state index contributed by atoms with van der Waals surface area (Å²) < 4.78 is 33.5. The Labute approximate surface area is 197 Å². The van der Waals surface area contributed by atoms with E-state index in [-0.39, 0.29) is 32.9 Å². The molecule has 0 bridgehead atoms. The number of anilines is 1. The number of hydrogen-bond donors (Lipinski definition) is 1. The van der Waals surface area contributed by atoms with E-state index in [0.29, 0.717) is 5.69 Å². The lowest BCUT2D eigenvalue weighted by atomic mass is 10.2. The number of benzene rings is 2. The topological polar surface area (TPSA) is 88.6 Å². The van der Waals surface area contributed by atoms with Crippen LogP contribution in [0.3, 0.4) is 0 Å². The van der Waals surface area contributed by atoms with Gasteiger partial charge in [-0.1, -0.05) is 35.3 Å². The molecule has 0 fully saturated rings. The van der Waals surface area contributed by atoms with Crippen LogP contribution in [-0.2, 0) is 21.4 Å². The Balaban J connectivity index is 1.98. The van der Waals surface area contributed by atoms with Crippen LogP contribution in [0.5, 0.6) is 5.75 Å². The molecule has 0 aliphatic rings. The smallest absolute Gasteiger partial charge is 0.268 e. The molecule has 10 heteroatoms. The van der Waals surface area contributed by atoms with Crippen molar-refractivity contribution in [3.8, 4) is 5.75 Å². The number of ether oxygens (including phenoxy) is 1. The largest absolute Gasteiger partial charge is 0.495 e. The third kappa shape index (κ3) is 5.51. The molecule has 1 amide bonds. The van der Waals surface area contributed by atoms with Gasteiger partial charge in [-0.3, -0.25) is 14.1 Å². The molecule has 7 nitrogen and oxygen atoms in total. The molecule has 2 aromatic carbocycles. The van der Waals surface area contributed by atoms with Crippen molar-refractivity contribution in [3.63, 3.8) is 0 Å². The predicted molar refractivity (Wildman–Crippen MR) is 125 cm³/mol. The number of nitrogens with one attached hydrogen (secondary N) is 1. The SMILES string of the molecule is COc1ccc(C)cc1S(=O)(=O)N(CC(=O)NCc1ccccn1)c1ccc(Cl)c(Cl)c1. The second-order valence-corrected chi connectivity index (χ2v) is 9.51. The molecule has 32 heavy (non-hydrogen) atoms. The van der Waals surface area contributed by atoms with Gasteiger partial charge in [-0.25, -0.2) is 8.42 Å². The zero-order valence-electron chi connectivity index (χ0n) is 17.4. The first-order chi connectivity index (χ1) is 15.2. The molecule has 168 valence electrons. The van der Waals surface area contributed by atoms with Crippen LogP contribution >= 0.6 is 23.2 Å². The van der Waals surface area contributed by atoms with Gasteiger partial charge in [-0.05, 0) is 55.0 Å². The molecule has 1 heterocycles. The van der Waals surface area contributed by atoms with Crippen molar-refractivity contribution in [2.45, 2.75) is 18.4 Å². The number of aromatic nitrogens is 1. The average Bonchev–Trinajstić information content (AvgIpc) is 2.78. The van der Waals surface area contributed by atoms with Crippen LogP contribution in [-0.4, -0.2) is 33.0 Å². The highest BCUT2D eigenvalue weighted by Crippen LogP contribution is 2.33. The van der Waals surface area contributed by atoms with Crippen molar-refractivity contribution in [3.05, 3.63) is 82.1 Å². The first-order valence-electron chi connectivity index (χ1n) is 9.51. The Hall–Kier alpha value is -2.81. The van der Waals surface area contributed by atoms with Crippen LogP contribution in [0.4, 0.5) is 5.69 Å². The maximum atomic E-state index is 13.6. The highest BCUT2D eigenvalue weighted by atomic mass is 35.5. The number of methoxy groups -OCH3 is 1. The van der Waals surface area contributed by atoms with Crippen molar-refractivity contribution < 1.29 is 17.9 Å². The molecule has 0 aliphatic heterocycles. The van der Waals surface area contributed by atoms with Gasteiger partial charge in [-0.2, -0.15) is 0 Å². The zero-order chi connectivity index (χ0) is 23.3. The third-order valence-corrected chi connectivity index (χ3v) is 7.09. The van der Waals surface area contributed by atoms with Gasteiger partial charge in [0.15, 0.2) is 0 Å². The average molecular weight is 494 g/mol. The summed E-state index contributed by atoms with van der Waals surface area (Å²) in [5.41, 5.74) is 1.55. The van der Waals surface area contributed by atoms with Gasteiger partial charge in [0.05, 0.1) is 35.1 Å². The van der Waals surface area contributed by atoms with Crippen LogP contribution in [0.25, 0.3) is 0 Å². The fourth-order valence-corrected chi connectivity index (χ4v) is 4.89. The van der Waals surface area contributed by atoms with E-state index in [2.05, 4.69) is 10.3 Å². The zero-order valence-corrected chi connectivity index (χ0v) is 19.7. The summed E-state index contributed by atoms with van der Waals surface area (Å²) in [5.74, 6) is -0.355. The van der Waals surface area contributed by atoms with Crippen molar-refractivity contribution in [1.29, 1.82) is 0 Å². The maximum Gasteiger partial charge on any atom is 0.268 e. The Morgan fingerprint density at radius 2 is 1.88 bits per heavy atom. The van der Waals surface area contributed by atoms with E-state index in [9.17, 15) is 13.2 Å². The normalized spacial score (nSPS) is 11.1. The fourth-order valence-electron chi connectivity index (χ4n) is 2.94. The summed E-state index contributed by atoms with van der Waals surface area (Å²) >= 11 is 12.1. The highest BCUT2D eigenvalue weighted by Gasteiger charge is 2.30. The molecule has 0 saturated heterocycles. The first kappa shape index (κ1) is 23.8. The minimum Gasteiger partial charge on any atom is -0.495 e. The quantitative estimate of drug-likeness (QED) is 0.507. The van der Waals surface area contributed by atoms with Gasteiger partial charge in [-0.15, -0.1) is 0 Å². The Morgan fingerprint density at radius 1 is 1.09 bits per heavy atom. The van der Waals surface area contributed by atoms with Crippen LogP contribution < -0.4 is 14.4 Å². The number of pyridine rings is 1. The van der Waals surface area contributed by atoms with Crippen LogP contribution in [0, 0.1) is 6.92 Å². The molecule has 3 rings (SSSR count). The van der Waals surface area contributed by atoms with E-state index in [1.54, 1.807) is 43.5 Å². The van der Waals surface area contributed by atoms with E-state index in [4.69, 9.17) is 27.9 Å². The van der Waals surface area contributed by atoms with E-state index in [0.717, 1.165) is 9.87 Å². The summed E-state index contributed by atoms with van der Waals surface area (Å²) in [6, 6.07) is 14.5. The second kappa shape index (κ2) is 10.2. The van der Waals surface area contributed by atoms with Gasteiger partial charge in [0.1, 0.15) is 17.2 Å². The number of nitrogens with zero attached hydrogens (tertiary/aromatic N) is 2. The van der Waals surface area contributed by atoms with E-state index in [1.807, 2.05) is 0 Å². The lowest BCUT2D eigenvalue weighted by molar-refractivity contribution is -0.119. The van der Waals surface area contributed by atoms with Crippen molar-refractivity contribution >= 4 is 44.8 Å². The van der Waals surface area contributed by atoms with Gasteiger partial charge < -0.3 is 10.1 Å². The van der Waals surface area contributed by atoms with E-state index < -0.39 is 22.5 Å². The number of carbonyl (C=O) groups excluding carboxylic acids is 1. The number of carbonyl (C=O) groups is 1. The van der Waals surface area contributed by atoms with Gasteiger partial charge in [0, 0.05) is 6.20 Å². The number of hydrogen-bond acceptors (Lipinski definition) is 5. The summed E-state index contributed by atoms with van der Waals surface area (Å²) in [7, 11) is -2.82. The van der Waals surface area contributed by atoms with Crippen molar-refractivity contribution in [1.82, 2.24) is 10.3 Å². The van der Waals surface area contributed by atoms with Crippen LogP contribution in [0.15, 0.2) is 65.7 Å². The van der Waals surface area contributed by atoms with E-state index >= 15 is 0 Å². The molecule has 0 spiro atoms. The molecule has 0 radical (unpaired) electrons. The Bertz CT molecular complexity index is 1220. The molecule has 0 saturated carbocycles. The maximum absolute atomic E-state index is 13.6. The van der Waals surface area contributed by atoms with Crippen molar-refractivity contribution in [2.24, 2.45) is 0 Å². The molecular formula is C22H21Cl2N3O4S. The summed E-state index contributed by atoms with van der Waals surface area (Å²) in [4.78, 5) is 16.8. The molecule has 3 aromatic rings. The highest BCUT2D eigenvalue weighted by molar-refractivity contribution is 7.93. The summed E-state index contributed by atoms with van der Waals surface area (Å²) in [5, 5.41) is 3.12. The molecule has 0 unspecified atom stereocenters. The van der Waals surface area contributed by atoms with E-state index in [1.165, 1.54) is 31.4 Å². The van der Waals surface area contributed by atoms with Gasteiger partial charge >= 0.3 is 0 Å². The van der Waals surface area contributed by atoms with Gasteiger partial charge in [0.2, 0.25) is 5.91 Å². The molecular weight excluding hydrogens is 473 g/mol. The lowest BCUT2D eigenvalue weighted by Gasteiger charge is -2.25. The Morgan fingerprint density at radius 3 is 2.53 bits per heavy atom. The number of halogens is 2. The predicted octanol–water partition coefficient (Wildman–Crippen LogP) is 4.22. The standard InChI is InChI=1S/C22H21Cl2N3O4S/c1-15-6-9-20(31-2)21(11-15)32(29,30)27(17-7-8-18(23)19(24)12-17)14-22(28)26-13-16-5-3-4-10-25-16/h3-12H,13-14H2,1-2H3,(H,26,28). The number of rotatable bonds is 8. The second-order valence-electron chi connectivity index (χ2n) is 6.86. The number of aryl methyl sites for hydroxylation is 1. The minimum absolute atomic E-state index is 0.0661. The summed E-state index contributed by atoms with van der Waals surface area (Å²) in [6.07, 6.45) is 1.61. The number of sulfonamides is 1. The van der Waals surface area contributed by atoms with Crippen LogP contribution in [0.1, 0.15) is 11.3 Å². The molecule has 0 aliphatic carbocycles. The molecule has 1 N–H and O–H groups in total.